The SMILES string of the molecule is CC(NC(=O)NCc1cn(CC(=O)O)nn1)c1cccs1. The minimum Gasteiger partial charge on any atom is -0.480 e. The minimum atomic E-state index is -0.998. The van der Waals surface area contributed by atoms with Crippen molar-refractivity contribution in [1.29, 1.82) is 0 Å². The number of aliphatic carboxylic acids is 1. The molecule has 1 atom stereocenters. The Kier molecular flexibility index (Phi) is 4.88. The van der Waals surface area contributed by atoms with Crippen LogP contribution in [0.4, 0.5) is 4.79 Å². The molecule has 3 N–H and O–H groups in total. The lowest BCUT2D eigenvalue weighted by Gasteiger charge is -2.12. The molecule has 1 unspecified atom stereocenters. The third-order valence-corrected chi connectivity index (χ3v) is 3.69. The van der Waals surface area contributed by atoms with E-state index in [1.54, 1.807) is 11.3 Å². The van der Waals surface area contributed by atoms with E-state index in [1.807, 2.05) is 24.4 Å². The van der Waals surface area contributed by atoms with E-state index in [4.69, 9.17) is 5.11 Å². The van der Waals surface area contributed by atoms with E-state index >= 15 is 0 Å². The number of carboxylic acid groups (broad SMARTS) is 1. The van der Waals surface area contributed by atoms with Gasteiger partial charge >= 0.3 is 12.0 Å². The predicted molar refractivity (Wildman–Crippen MR) is 75.8 cm³/mol. The van der Waals surface area contributed by atoms with Crippen LogP contribution in [0.25, 0.3) is 0 Å². The van der Waals surface area contributed by atoms with E-state index in [2.05, 4.69) is 20.9 Å². The van der Waals surface area contributed by atoms with Crippen LogP contribution < -0.4 is 10.6 Å². The van der Waals surface area contributed by atoms with Crippen LogP contribution in [-0.4, -0.2) is 32.1 Å². The van der Waals surface area contributed by atoms with Gasteiger partial charge in [0.1, 0.15) is 12.2 Å². The van der Waals surface area contributed by atoms with Crippen LogP contribution >= 0.6 is 11.3 Å². The summed E-state index contributed by atoms with van der Waals surface area (Å²) in [5.41, 5.74) is 0.496. The molecule has 0 spiro atoms. The molecule has 0 aromatic carbocycles. The van der Waals surface area contributed by atoms with Crippen molar-refractivity contribution in [2.75, 3.05) is 0 Å². The van der Waals surface area contributed by atoms with Gasteiger partial charge in [-0.3, -0.25) is 4.79 Å². The number of nitrogens with zero attached hydrogens (tertiary/aromatic N) is 3. The summed E-state index contributed by atoms with van der Waals surface area (Å²) < 4.78 is 1.20. The summed E-state index contributed by atoms with van der Waals surface area (Å²) >= 11 is 1.57. The maximum absolute atomic E-state index is 11.7. The molecule has 2 amide bonds. The molecule has 0 bridgehead atoms. The molecule has 0 aliphatic rings. The lowest BCUT2D eigenvalue weighted by Crippen LogP contribution is -2.36. The van der Waals surface area contributed by atoms with Crippen LogP contribution in [0.1, 0.15) is 23.5 Å². The van der Waals surface area contributed by atoms with Crippen molar-refractivity contribution < 1.29 is 14.7 Å². The third-order valence-electron chi connectivity index (χ3n) is 2.63. The molecule has 8 nitrogen and oxygen atoms in total. The molecule has 0 saturated heterocycles. The second-order valence-electron chi connectivity index (χ2n) is 4.37. The smallest absolute Gasteiger partial charge is 0.325 e. The second kappa shape index (κ2) is 6.84. The van der Waals surface area contributed by atoms with Crippen molar-refractivity contribution in [3.05, 3.63) is 34.3 Å². The molecule has 9 heteroatoms. The van der Waals surface area contributed by atoms with Gasteiger partial charge in [-0.15, -0.1) is 16.4 Å². The summed E-state index contributed by atoms with van der Waals surface area (Å²) in [6, 6.07) is 3.49. The Hall–Kier alpha value is -2.42. The number of hydrogen-bond acceptors (Lipinski definition) is 5. The largest absolute Gasteiger partial charge is 0.480 e. The van der Waals surface area contributed by atoms with E-state index in [0.717, 1.165) is 4.88 Å². The molecule has 2 aromatic rings. The van der Waals surface area contributed by atoms with Crippen LogP contribution in [0.3, 0.4) is 0 Å². The molecule has 0 aliphatic heterocycles. The van der Waals surface area contributed by atoms with Crippen molar-refractivity contribution >= 4 is 23.3 Å². The van der Waals surface area contributed by atoms with Crippen molar-refractivity contribution in [3.63, 3.8) is 0 Å². The molecule has 2 aromatic heterocycles. The van der Waals surface area contributed by atoms with E-state index in [9.17, 15) is 9.59 Å². The van der Waals surface area contributed by atoms with Crippen LogP contribution in [0.5, 0.6) is 0 Å². The Morgan fingerprint density at radius 2 is 2.33 bits per heavy atom. The van der Waals surface area contributed by atoms with Crippen LogP contribution in [0.15, 0.2) is 23.7 Å². The number of hydrogen-bond donors (Lipinski definition) is 3. The first-order valence-electron chi connectivity index (χ1n) is 6.23. The maximum Gasteiger partial charge on any atom is 0.325 e. The first-order valence-corrected chi connectivity index (χ1v) is 7.11. The standard InChI is InChI=1S/C12H15N5O3S/c1-8(10-3-2-4-21-10)14-12(20)13-5-9-6-17(16-15-9)7-11(18)19/h2-4,6,8H,5,7H2,1H3,(H,18,19)(H2,13,14,20). The number of urea groups is 1. The number of carboxylic acids is 1. The summed E-state index contributed by atoms with van der Waals surface area (Å²) in [5, 5.41) is 23.5. The Balaban J connectivity index is 1.78. The molecule has 0 aliphatic carbocycles. The highest BCUT2D eigenvalue weighted by molar-refractivity contribution is 7.10. The summed E-state index contributed by atoms with van der Waals surface area (Å²) in [7, 11) is 0. The van der Waals surface area contributed by atoms with E-state index in [-0.39, 0.29) is 25.2 Å². The second-order valence-corrected chi connectivity index (χ2v) is 5.34. The molecular formula is C12H15N5O3S. The minimum absolute atomic E-state index is 0.0762. The zero-order valence-electron chi connectivity index (χ0n) is 11.3. The Morgan fingerprint density at radius 1 is 1.52 bits per heavy atom. The number of carbonyl (C=O) groups is 2. The van der Waals surface area contributed by atoms with E-state index in [1.165, 1.54) is 10.9 Å². The molecular weight excluding hydrogens is 294 g/mol. The van der Waals surface area contributed by atoms with E-state index < -0.39 is 5.97 Å². The molecule has 0 saturated carbocycles. The number of rotatable bonds is 6. The number of nitrogens with one attached hydrogen (secondary N) is 2. The molecule has 2 heterocycles. The van der Waals surface area contributed by atoms with Gasteiger partial charge in [-0.05, 0) is 18.4 Å². The van der Waals surface area contributed by atoms with Gasteiger partial charge in [-0.2, -0.15) is 0 Å². The zero-order chi connectivity index (χ0) is 15.2. The zero-order valence-corrected chi connectivity index (χ0v) is 12.1. The van der Waals surface area contributed by atoms with Crippen molar-refractivity contribution in [2.45, 2.75) is 26.1 Å². The van der Waals surface area contributed by atoms with Gasteiger partial charge in [0.15, 0.2) is 0 Å². The molecule has 112 valence electrons. The predicted octanol–water partition coefficient (Wildman–Crippen LogP) is 0.985. The summed E-state index contributed by atoms with van der Waals surface area (Å²) in [6.45, 7) is 1.83. The average Bonchev–Trinajstić information content (AvgIpc) is 3.06. The Bertz CT molecular complexity index is 610. The monoisotopic (exact) mass is 309 g/mol. The molecule has 2 rings (SSSR count). The third kappa shape index (κ3) is 4.56. The Morgan fingerprint density at radius 3 is 3.00 bits per heavy atom. The average molecular weight is 309 g/mol. The summed E-state index contributed by atoms with van der Waals surface area (Å²) in [4.78, 5) is 23.3. The van der Waals surface area contributed by atoms with Gasteiger partial charge in [-0.1, -0.05) is 11.3 Å². The van der Waals surface area contributed by atoms with Gasteiger partial charge < -0.3 is 15.7 Å². The summed E-state index contributed by atoms with van der Waals surface area (Å²) in [6.07, 6.45) is 1.48. The Labute approximate surface area is 124 Å². The topological polar surface area (TPSA) is 109 Å². The normalized spacial score (nSPS) is 11.9. The first kappa shape index (κ1) is 15.0. The number of carbonyl (C=O) groups excluding carboxylic acids is 1. The van der Waals surface area contributed by atoms with Crippen molar-refractivity contribution in [3.8, 4) is 0 Å². The van der Waals surface area contributed by atoms with Gasteiger partial charge in [0.2, 0.25) is 0 Å². The first-order chi connectivity index (χ1) is 10.0. The number of aromatic nitrogens is 3. The van der Waals surface area contributed by atoms with Crippen LogP contribution in [0, 0.1) is 0 Å². The highest BCUT2D eigenvalue weighted by atomic mass is 32.1. The fourth-order valence-electron chi connectivity index (χ4n) is 1.66. The molecule has 21 heavy (non-hydrogen) atoms. The quantitative estimate of drug-likeness (QED) is 0.737. The number of amides is 2. The van der Waals surface area contributed by atoms with Crippen LogP contribution in [0.2, 0.25) is 0 Å². The van der Waals surface area contributed by atoms with Gasteiger partial charge in [0.25, 0.3) is 0 Å². The number of thiophene rings is 1. The molecule has 0 radical (unpaired) electrons. The van der Waals surface area contributed by atoms with Gasteiger partial charge in [-0.25, -0.2) is 9.48 Å². The van der Waals surface area contributed by atoms with E-state index in [0.29, 0.717) is 5.69 Å². The van der Waals surface area contributed by atoms with Gasteiger partial charge in [0, 0.05) is 4.88 Å². The fraction of sp³-hybridized carbons (Fsp3) is 0.333. The highest BCUT2D eigenvalue weighted by Crippen LogP contribution is 2.17. The molecule has 0 fully saturated rings. The van der Waals surface area contributed by atoms with Gasteiger partial charge in [0.05, 0.1) is 18.8 Å². The maximum atomic E-state index is 11.7. The fourth-order valence-corrected chi connectivity index (χ4v) is 2.40. The lowest BCUT2D eigenvalue weighted by atomic mass is 10.3. The van der Waals surface area contributed by atoms with Crippen molar-refractivity contribution in [2.24, 2.45) is 0 Å². The summed E-state index contributed by atoms with van der Waals surface area (Å²) in [5.74, 6) is -0.998. The van der Waals surface area contributed by atoms with Crippen molar-refractivity contribution in [1.82, 2.24) is 25.6 Å². The highest BCUT2D eigenvalue weighted by Gasteiger charge is 2.10. The lowest BCUT2D eigenvalue weighted by molar-refractivity contribution is -0.137. The van der Waals surface area contributed by atoms with Crippen LogP contribution in [-0.2, 0) is 17.9 Å².